The summed E-state index contributed by atoms with van der Waals surface area (Å²) < 4.78 is 5.73. The molecule has 0 aromatic heterocycles. The van der Waals surface area contributed by atoms with Crippen molar-refractivity contribution in [3.8, 4) is 6.07 Å². The van der Waals surface area contributed by atoms with Gasteiger partial charge in [-0.05, 0) is 23.3 Å². The molecular weight excluding hydrogens is 330 g/mol. The summed E-state index contributed by atoms with van der Waals surface area (Å²) in [5.41, 5.74) is 1.82. The zero-order valence-corrected chi connectivity index (χ0v) is 13.1. The molecule has 1 unspecified atom stereocenters. The predicted octanol–water partition coefficient (Wildman–Crippen LogP) is 3.89. The second-order valence-electron chi connectivity index (χ2n) is 4.57. The van der Waals surface area contributed by atoms with Crippen molar-refractivity contribution in [2.24, 2.45) is 5.92 Å². The van der Waals surface area contributed by atoms with Crippen molar-refractivity contribution in [1.29, 1.82) is 5.26 Å². The summed E-state index contributed by atoms with van der Waals surface area (Å²) in [6.07, 6.45) is 0. The number of ether oxygens (including phenoxy) is 1. The summed E-state index contributed by atoms with van der Waals surface area (Å²) in [6.45, 7) is 0. The Labute approximate surface area is 132 Å². The van der Waals surface area contributed by atoms with Crippen molar-refractivity contribution in [3.05, 3.63) is 70.2 Å². The van der Waals surface area contributed by atoms with Crippen LogP contribution in [0.15, 0.2) is 59.1 Å². The molecular formula is C17H14BrNO2. The molecule has 0 heterocycles. The first-order valence-corrected chi connectivity index (χ1v) is 7.24. The Balaban J connectivity index is 2.52. The molecule has 2 rings (SSSR count). The van der Waals surface area contributed by atoms with Gasteiger partial charge in [-0.15, -0.1) is 0 Å². The van der Waals surface area contributed by atoms with E-state index in [1.54, 1.807) is 0 Å². The van der Waals surface area contributed by atoms with Crippen LogP contribution in [0.2, 0.25) is 0 Å². The molecule has 0 saturated carbocycles. The zero-order valence-electron chi connectivity index (χ0n) is 11.5. The molecule has 21 heavy (non-hydrogen) atoms. The summed E-state index contributed by atoms with van der Waals surface area (Å²) in [4.78, 5) is 11.9. The second-order valence-corrected chi connectivity index (χ2v) is 5.49. The highest BCUT2D eigenvalue weighted by molar-refractivity contribution is 9.10. The van der Waals surface area contributed by atoms with E-state index in [0.717, 1.165) is 15.6 Å². The van der Waals surface area contributed by atoms with Gasteiger partial charge in [-0.2, -0.15) is 5.26 Å². The lowest BCUT2D eigenvalue weighted by atomic mass is 9.81. The van der Waals surface area contributed by atoms with Gasteiger partial charge >= 0.3 is 5.97 Å². The number of nitrogens with zero attached hydrogens (tertiary/aromatic N) is 1. The lowest BCUT2D eigenvalue weighted by Gasteiger charge is -2.21. The Bertz CT molecular complexity index is 647. The quantitative estimate of drug-likeness (QED) is 0.791. The topological polar surface area (TPSA) is 50.1 Å². The molecule has 0 bridgehead atoms. The lowest BCUT2D eigenvalue weighted by Crippen LogP contribution is -2.23. The van der Waals surface area contributed by atoms with Crippen LogP contribution >= 0.6 is 15.9 Å². The van der Waals surface area contributed by atoms with Gasteiger partial charge in [0.25, 0.3) is 0 Å². The zero-order chi connectivity index (χ0) is 15.2. The monoisotopic (exact) mass is 343 g/mol. The number of hydrogen-bond acceptors (Lipinski definition) is 3. The molecule has 2 aromatic rings. The van der Waals surface area contributed by atoms with Gasteiger partial charge < -0.3 is 4.74 Å². The first-order chi connectivity index (χ1) is 10.2. The summed E-state index contributed by atoms with van der Waals surface area (Å²) in [5.74, 6) is -1.75. The van der Waals surface area contributed by atoms with Crippen molar-refractivity contribution in [2.75, 3.05) is 7.11 Å². The smallest absolute Gasteiger partial charge is 0.324 e. The van der Waals surface area contributed by atoms with Crippen LogP contribution in [0.25, 0.3) is 0 Å². The minimum Gasteiger partial charge on any atom is -0.468 e. The number of carbonyl (C=O) groups is 1. The van der Waals surface area contributed by atoms with E-state index < -0.39 is 11.9 Å². The van der Waals surface area contributed by atoms with Crippen LogP contribution in [0.3, 0.4) is 0 Å². The van der Waals surface area contributed by atoms with E-state index in [-0.39, 0.29) is 5.92 Å². The van der Waals surface area contributed by atoms with Gasteiger partial charge in [0.1, 0.15) is 0 Å². The number of nitriles is 1. The van der Waals surface area contributed by atoms with E-state index in [9.17, 15) is 10.1 Å². The minimum atomic E-state index is -0.876. The summed E-state index contributed by atoms with van der Waals surface area (Å²) >= 11 is 3.39. The molecule has 2 aromatic carbocycles. The Morgan fingerprint density at radius 2 is 1.67 bits per heavy atom. The van der Waals surface area contributed by atoms with E-state index in [0.29, 0.717) is 0 Å². The Kier molecular flexibility index (Phi) is 5.13. The van der Waals surface area contributed by atoms with Gasteiger partial charge in [0.2, 0.25) is 0 Å². The molecule has 0 fully saturated rings. The number of carbonyl (C=O) groups excluding carboxylic acids is 1. The lowest BCUT2D eigenvalue weighted by molar-refractivity contribution is -0.143. The summed E-state index contributed by atoms with van der Waals surface area (Å²) in [7, 11) is 1.30. The predicted molar refractivity (Wildman–Crippen MR) is 83.5 cm³/mol. The number of benzene rings is 2. The van der Waals surface area contributed by atoms with Crippen molar-refractivity contribution in [2.45, 2.75) is 5.92 Å². The third-order valence-corrected chi connectivity index (χ3v) is 3.84. The molecule has 2 atom stereocenters. The highest BCUT2D eigenvalue weighted by atomic mass is 79.9. The summed E-state index contributed by atoms with van der Waals surface area (Å²) in [6, 6.07) is 19.2. The van der Waals surface area contributed by atoms with E-state index in [4.69, 9.17) is 4.74 Å². The average Bonchev–Trinajstić information content (AvgIpc) is 2.54. The van der Waals surface area contributed by atoms with Crippen molar-refractivity contribution in [1.82, 2.24) is 0 Å². The van der Waals surface area contributed by atoms with Crippen LogP contribution in [-0.4, -0.2) is 13.1 Å². The van der Waals surface area contributed by atoms with Crippen LogP contribution in [0.1, 0.15) is 17.0 Å². The molecule has 3 nitrogen and oxygen atoms in total. The van der Waals surface area contributed by atoms with Gasteiger partial charge in [-0.1, -0.05) is 58.4 Å². The Hall–Kier alpha value is -2.12. The highest BCUT2D eigenvalue weighted by Gasteiger charge is 2.31. The average molecular weight is 344 g/mol. The fourth-order valence-corrected chi connectivity index (χ4v) is 2.56. The number of rotatable bonds is 4. The number of esters is 1. The molecule has 4 heteroatoms. The third-order valence-electron chi connectivity index (χ3n) is 3.32. The van der Waals surface area contributed by atoms with Crippen LogP contribution in [0.5, 0.6) is 0 Å². The minimum absolute atomic E-state index is 0.350. The van der Waals surface area contributed by atoms with Gasteiger partial charge in [-0.3, -0.25) is 4.79 Å². The third kappa shape index (κ3) is 3.50. The highest BCUT2D eigenvalue weighted by Crippen LogP contribution is 2.33. The van der Waals surface area contributed by atoms with E-state index in [1.807, 2.05) is 54.6 Å². The fraction of sp³-hybridized carbons (Fsp3) is 0.176. The SMILES string of the molecule is COC(=O)C(C#N)[C@@H](c1ccccc1)c1ccc(Br)cc1. The van der Waals surface area contributed by atoms with Gasteiger partial charge in [0, 0.05) is 10.4 Å². The second kappa shape index (κ2) is 7.05. The number of methoxy groups -OCH3 is 1. The molecule has 0 aliphatic carbocycles. The maximum Gasteiger partial charge on any atom is 0.324 e. The Morgan fingerprint density at radius 3 is 2.19 bits per heavy atom. The normalized spacial score (nSPS) is 13.0. The fourth-order valence-electron chi connectivity index (χ4n) is 2.30. The number of hydrogen-bond donors (Lipinski definition) is 0. The van der Waals surface area contributed by atoms with Crippen molar-refractivity contribution >= 4 is 21.9 Å². The Morgan fingerprint density at radius 1 is 1.10 bits per heavy atom. The molecule has 0 spiro atoms. The van der Waals surface area contributed by atoms with Crippen molar-refractivity contribution in [3.63, 3.8) is 0 Å². The standard InChI is InChI=1S/C17H14BrNO2/c1-21-17(20)15(11-19)16(12-5-3-2-4-6-12)13-7-9-14(18)10-8-13/h2-10,15-16H,1H3/t15?,16-/m0/s1. The molecule has 0 N–H and O–H groups in total. The molecule has 0 saturated heterocycles. The molecule has 0 amide bonds. The first-order valence-electron chi connectivity index (χ1n) is 6.45. The maximum atomic E-state index is 11.9. The number of halogens is 1. The molecule has 0 aliphatic rings. The van der Waals surface area contributed by atoms with Crippen molar-refractivity contribution < 1.29 is 9.53 Å². The van der Waals surface area contributed by atoms with E-state index in [2.05, 4.69) is 22.0 Å². The van der Waals surface area contributed by atoms with E-state index in [1.165, 1.54) is 7.11 Å². The van der Waals surface area contributed by atoms with Crippen LogP contribution in [-0.2, 0) is 9.53 Å². The largest absolute Gasteiger partial charge is 0.468 e. The molecule has 0 radical (unpaired) electrons. The van der Waals surface area contributed by atoms with Crippen LogP contribution in [0.4, 0.5) is 0 Å². The maximum absolute atomic E-state index is 11.9. The molecule has 106 valence electrons. The molecule has 0 aliphatic heterocycles. The van der Waals surface area contributed by atoms with Gasteiger partial charge in [0.15, 0.2) is 5.92 Å². The van der Waals surface area contributed by atoms with E-state index >= 15 is 0 Å². The van der Waals surface area contributed by atoms with Gasteiger partial charge in [0.05, 0.1) is 13.2 Å². The van der Waals surface area contributed by atoms with Crippen LogP contribution in [0, 0.1) is 17.2 Å². The first kappa shape index (κ1) is 15.3. The van der Waals surface area contributed by atoms with Gasteiger partial charge in [-0.25, -0.2) is 0 Å². The van der Waals surface area contributed by atoms with Crippen LogP contribution < -0.4 is 0 Å². The summed E-state index contributed by atoms with van der Waals surface area (Å²) in [5, 5.41) is 9.42.